The maximum absolute atomic E-state index is 12.5. The zero-order chi connectivity index (χ0) is 19.4. The highest BCUT2D eigenvalue weighted by Gasteiger charge is 2.22. The molecule has 0 aliphatic carbocycles. The normalized spacial score (nSPS) is 10.4. The Labute approximate surface area is 164 Å². The minimum atomic E-state index is -0.463. The number of benzene rings is 1. The molecule has 2 aromatic rings. The van der Waals surface area contributed by atoms with Gasteiger partial charge in [0.25, 0.3) is 0 Å². The summed E-state index contributed by atoms with van der Waals surface area (Å²) in [5, 5.41) is 3.31. The molecule has 1 aromatic carbocycles. The van der Waals surface area contributed by atoms with Crippen LogP contribution in [0.3, 0.4) is 0 Å². The number of esters is 1. The minimum Gasteiger partial charge on any atom is -0.493 e. The van der Waals surface area contributed by atoms with Gasteiger partial charge in [-0.3, -0.25) is 4.79 Å². The number of amides is 1. The topological polar surface area (TPSA) is 73.9 Å². The van der Waals surface area contributed by atoms with Gasteiger partial charge in [-0.05, 0) is 37.1 Å². The van der Waals surface area contributed by atoms with Gasteiger partial charge in [0.05, 0.1) is 33.3 Å². The van der Waals surface area contributed by atoms with E-state index in [2.05, 4.69) is 21.2 Å². The Bertz CT molecular complexity index is 847. The highest BCUT2D eigenvalue weighted by Crippen LogP contribution is 2.35. The lowest BCUT2D eigenvalue weighted by molar-refractivity contribution is -0.115. The van der Waals surface area contributed by atoms with Crippen molar-refractivity contribution in [1.82, 2.24) is 0 Å². The van der Waals surface area contributed by atoms with Crippen molar-refractivity contribution >= 4 is 44.1 Å². The molecule has 0 fully saturated rings. The first-order valence-corrected chi connectivity index (χ1v) is 9.31. The fraction of sp³-hybridized carbons (Fsp3) is 0.333. The van der Waals surface area contributed by atoms with Crippen molar-refractivity contribution in [2.24, 2.45) is 0 Å². The molecule has 0 saturated heterocycles. The third-order valence-electron chi connectivity index (χ3n) is 3.93. The first kappa shape index (κ1) is 20.3. The summed E-state index contributed by atoms with van der Waals surface area (Å²) < 4.78 is 16.1. The number of methoxy groups -OCH3 is 3. The van der Waals surface area contributed by atoms with Crippen LogP contribution in [0.15, 0.2) is 16.6 Å². The number of thiophene rings is 1. The van der Waals surface area contributed by atoms with Gasteiger partial charge in [-0.25, -0.2) is 4.79 Å². The molecule has 1 N–H and O–H groups in total. The van der Waals surface area contributed by atoms with E-state index in [1.54, 1.807) is 19.2 Å². The molecule has 0 atom stereocenters. The molecule has 6 nitrogen and oxygen atoms in total. The molecule has 1 heterocycles. The van der Waals surface area contributed by atoms with Crippen LogP contribution in [0.4, 0.5) is 5.00 Å². The Morgan fingerprint density at radius 1 is 1.12 bits per heavy atom. The Hall–Kier alpha value is -2.06. The van der Waals surface area contributed by atoms with Crippen molar-refractivity contribution in [3.63, 3.8) is 0 Å². The number of nitrogens with one attached hydrogen (secondary N) is 1. The molecule has 8 heteroatoms. The van der Waals surface area contributed by atoms with E-state index in [1.807, 2.05) is 13.8 Å². The molecule has 0 saturated carbocycles. The third-order valence-corrected chi connectivity index (χ3v) is 5.79. The van der Waals surface area contributed by atoms with Gasteiger partial charge in [-0.1, -0.05) is 15.9 Å². The summed E-state index contributed by atoms with van der Waals surface area (Å²) in [7, 11) is 4.41. The lowest BCUT2D eigenvalue weighted by Gasteiger charge is -2.12. The number of carbonyl (C=O) groups is 2. The van der Waals surface area contributed by atoms with Crippen molar-refractivity contribution in [2.75, 3.05) is 26.6 Å². The van der Waals surface area contributed by atoms with E-state index in [0.29, 0.717) is 22.1 Å². The molecule has 0 unspecified atom stereocenters. The molecule has 1 aromatic heterocycles. The molecule has 140 valence electrons. The summed E-state index contributed by atoms with van der Waals surface area (Å²) in [5.74, 6) is 0.399. The van der Waals surface area contributed by atoms with Gasteiger partial charge in [0.15, 0.2) is 11.5 Å². The number of aryl methyl sites for hydroxylation is 1. The van der Waals surface area contributed by atoms with Crippen LogP contribution in [-0.4, -0.2) is 33.2 Å². The molecule has 1 amide bonds. The molecule has 26 heavy (non-hydrogen) atoms. The van der Waals surface area contributed by atoms with Gasteiger partial charge >= 0.3 is 5.97 Å². The van der Waals surface area contributed by atoms with Crippen molar-refractivity contribution in [1.29, 1.82) is 0 Å². The van der Waals surface area contributed by atoms with E-state index in [-0.39, 0.29) is 12.3 Å². The van der Waals surface area contributed by atoms with Gasteiger partial charge in [-0.2, -0.15) is 0 Å². The van der Waals surface area contributed by atoms with Gasteiger partial charge in [0.1, 0.15) is 5.00 Å². The van der Waals surface area contributed by atoms with E-state index in [0.717, 1.165) is 20.5 Å². The van der Waals surface area contributed by atoms with E-state index in [9.17, 15) is 9.59 Å². The summed E-state index contributed by atoms with van der Waals surface area (Å²) in [6, 6.07) is 3.50. The number of rotatable bonds is 6. The van der Waals surface area contributed by atoms with Gasteiger partial charge in [0, 0.05) is 9.35 Å². The maximum atomic E-state index is 12.5. The Morgan fingerprint density at radius 2 is 1.73 bits per heavy atom. The highest BCUT2D eigenvalue weighted by molar-refractivity contribution is 9.10. The molecule has 0 aliphatic rings. The Morgan fingerprint density at radius 3 is 2.31 bits per heavy atom. The average molecular weight is 442 g/mol. The lowest BCUT2D eigenvalue weighted by atomic mass is 10.1. The fourth-order valence-electron chi connectivity index (χ4n) is 2.44. The van der Waals surface area contributed by atoms with Crippen molar-refractivity contribution in [2.45, 2.75) is 20.3 Å². The van der Waals surface area contributed by atoms with Crippen LogP contribution in [0.1, 0.15) is 26.4 Å². The maximum Gasteiger partial charge on any atom is 0.341 e. The molecular weight excluding hydrogens is 422 g/mol. The number of anilines is 1. The highest BCUT2D eigenvalue weighted by atomic mass is 79.9. The summed E-state index contributed by atoms with van der Waals surface area (Å²) in [5.41, 5.74) is 1.95. The zero-order valence-electron chi connectivity index (χ0n) is 15.2. The fourth-order valence-corrected chi connectivity index (χ4v) is 3.97. The molecule has 2 rings (SSSR count). The molecule has 0 bridgehead atoms. The number of hydrogen-bond donors (Lipinski definition) is 1. The predicted molar refractivity (Wildman–Crippen MR) is 105 cm³/mol. The molecule has 0 spiro atoms. The SMILES string of the molecule is COC(=O)c1c(NC(=O)Cc2cc(OC)c(OC)cc2Br)sc(C)c1C. The van der Waals surface area contributed by atoms with Crippen molar-refractivity contribution in [3.05, 3.63) is 38.2 Å². The van der Waals surface area contributed by atoms with E-state index >= 15 is 0 Å². The van der Waals surface area contributed by atoms with Crippen LogP contribution in [0.5, 0.6) is 11.5 Å². The minimum absolute atomic E-state index is 0.109. The second-order valence-electron chi connectivity index (χ2n) is 5.50. The van der Waals surface area contributed by atoms with E-state index in [1.165, 1.54) is 25.6 Å². The summed E-state index contributed by atoms with van der Waals surface area (Å²) >= 11 is 4.80. The van der Waals surface area contributed by atoms with Gasteiger partial charge in [-0.15, -0.1) is 11.3 Å². The number of carbonyl (C=O) groups excluding carboxylic acids is 2. The van der Waals surface area contributed by atoms with Gasteiger partial charge in [0.2, 0.25) is 5.91 Å². The second kappa shape index (κ2) is 8.55. The molecular formula is C18H20BrNO5S. The van der Waals surface area contributed by atoms with Crippen LogP contribution >= 0.6 is 27.3 Å². The van der Waals surface area contributed by atoms with Crippen LogP contribution < -0.4 is 14.8 Å². The molecule has 0 aliphatic heterocycles. The van der Waals surface area contributed by atoms with Crippen LogP contribution in [0, 0.1) is 13.8 Å². The first-order chi connectivity index (χ1) is 12.3. The Balaban J connectivity index is 2.25. The monoisotopic (exact) mass is 441 g/mol. The molecule has 0 radical (unpaired) electrons. The standard InChI is InChI=1S/C18H20BrNO5S/c1-9-10(2)26-17(16(9)18(22)25-5)20-15(21)7-11-6-13(23-3)14(24-4)8-12(11)19/h6,8H,7H2,1-5H3,(H,20,21). The predicted octanol–water partition coefficient (Wildman–Crippen LogP) is 4.11. The quantitative estimate of drug-likeness (QED) is 0.682. The van der Waals surface area contributed by atoms with Crippen molar-refractivity contribution < 1.29 is 23.8 Å². The number of hydrogen-bond acceptors (Lipinski definition) is 6. The third kappa shape index (κ3) is 4.19. The zero-order valence-corrected chi connectivity index (χ0v) is 17.6. The Kier molecular flexibility index (Phi) is 6.66. The van der Waals surface area contributed by atoms with Gasteiger partial charge < -0.3 is 19.5 Å². The number of ether oxygens (including phenoxy) is 3. The van der Waals surface area contributed by atoms with Crippen LogP contribution in [0.2, 0.25) is 0 Å². The second-order valence-corrected chi connectivity index (χ2v) is 7.58. The first-order valence-electron chi connectivity index (χ1n) is 7.70. The van der Waals surface area contributed by atoms with Crippen LogP contribution in [-0.2, 0) is 16.0 Å². The lowest BCUT2D eigenvalue weighted by Crippen LogP contribution is -2.16. The van der Waals surface area contributed by atoms with Crippen LogP contribution in [0.25, 0.3) is 0 Å². The van der Waals surface area contributed by atoms with E-state index < -0.39 is 5.97 Å². The summed E-state index contributed by atoms with van der Waals surface area (Å²) in [6.07, 6.45) is 0.109. The summed E-state index contributed by atoms with van der Waals surface area (Å²) in [4.78, 5) is 25.5. The number of halogens is 1. The van der Waals surface area contributed by atoms with E-state index in [4.69, 9.17) is 14.2 Å². The van der Waals surface area contributed by atoms with Crippen molar-refractivity contribution in [3.8, 4) is 11.5 Å². The summed E-state index contributed by atoms with van der Waals surface area (Å²) in [6.45, 7) is 3.73. The average Bonchev–Trinajstić information content (AvgIpc) is 2.89. The smallest absolute Gasteiger partial charge is 0.341 e. The largest absolute Gasteiger partial charge is 0.493 e.